The first kappa shape index (κ1) is 21.0. The molecular formula is C21H24N4O6. The van der Waals surface area contributed by atoms with Crippen molar-refractivity contribution in [2.75, 3.05) is 32.7 Å². The van der Waals surface area contributed by atoms with E-state index in [4.69, 9.17) is 0 Å². The summed E-state index contributed by atoms with van der Waals surface area (Å²) in [6, 6.07) is 3.47. The Morgan fingerprint density at radius 3 is 2.19 bits per heavy atom. The van der Waals surface area contributed by atoms with Crippen LogP contribution in [0.5, 0.6) is 0 Å². The van der Waals surface area contributed by atoms with E-state index in [1.807, 2.05) is 0 Å². The fraction of sp³-hybridized carbons (Fsp3) is 0.524. The second-order valence-corrected chi connectivity index (χ2v) is 8.22. The number of imide groups is 1. The fourth-order valence-corrected chi connectivity index (χ4v) is 4.56. The van der Waals surface area contributed by atoms with Crippen molar-refractivity contribution >= 4 is 29.3 Å². The lowest BCUT2D eigenvalue weighted by Gasteiger charge is -2.37. The normalized spacial score (nSPS) is 19.5. The number of piperazine rings is 1. The molecule has 4 amide bonds. The molecule has 2 heterocycles. The van der Waals surface area contributed by atoms with Gasteiger partial charge in [0.2, 0.25) is 11.8 Å². The number of carbonyl (C=O) groups is 4. The third-order valence-electron chi connectivity index (χ3n) is 6.36. The van der Waals surface area contributed by atoms with Crippen LogP contribution in [0.1, 0.15) is 52.8 Å². The molecular weight excluding hydrogens is 404 g/mol. The predicted molar refractivity (Wildman–Crippen MR) is 108 cm³/mol. The molecule has 2 fully saturated rings. The number of hydrogen-bond acceptors (Lipinski definition) is 6. The minimum Gasteiger partial charge on any atom is -0.339 e. The zero-order chi connectivity index (χ0) is 22.1. The molecule has 1 saturated heterocycles. The van der Waals surface area contributed by atoms with Gasteiger partial charge in [-0.15, -0.1) is 0 Å². The van der Waals surface area contributed by atoms with Crippen molar-refractivity contribution in [2.24, 2.45) is 5.92 Å². The van der Waals surface area contributed by atoms with Crippen LogP contribution in [-0.2, 0) is 9.59 Å². The van der Waals surface area contributed by atoms with Crippen molar-refractivity contribution in [1.82, 2.24) is 14.7 Å². The molecule has 10 nitrogen and oxygen atoms in total. The highest BCUT2D eigenvalue weighted by Gasteiger charge is 2.39. The van der Waals surface area contributed by atoms with E-state index in [1.165, 1.54) is 12.5 Å². The zero-order valence-electron chi connectivity index (χ0n) is 17.1. The third kappa shape index (κ3) is 4.01. The topological polar surface area (TPSA) is 121 Å². The number of hydrogen-bond donors (Lipinski definition) is 0. The molecule has 0 unspecified atom stereocenters. The van der Waals surface area contributed by atoms with Gasteiger partial charge in [-0.3, -0.25) is 34.2 Å². The summed E-state index contributed by atoms with van der Waals surface area (Å²) in [7, 11) is 0. The average Bonchev–Trinajstić information content (AvgIpc) is 3.03. The predicted octanol–water partition coefficient (Wildman–Crippen LogP) is 1.44. The van der Waals surface area contributed by atoms with Gasteiger partial charge in [0.15, 0.2) is 0 Å². The maximum Gasteiger partial charge on any atom is 0.270 e. The smallest absolute Gasteiger partial charge is 0.270 e. The number of fused-ring (bicyclic) bond motifs is 1. The van der Waals surface area contributed by atoms with Gasteiger partial charge in [0.1, 0.15) is 6.54 Å². The van der Waals surface area contributed by atoms with Gasteiger partial charge >= 0.3 is 0 Å². The van der Waals surface area contributed by atoms with Gasteiger partial charge in [-0.2, -0.15) is 0 Å². The quantitative estimate of drug-likeness (QED) is 0.406. The number of rotatable bonds is 4. The number of nitro groups is 1. The van der Waals surface area contributed by atoms with E-state index in [1.54, 1.807) is 9.80 Å². The minimum atomic E-state index is -0.705. The summed E-state index contributed by atoms with van der Waals surface area (Å²) < 4.78 is 0. The van der Waals surface area contributed by atoms with Crippen LogP contribution in [0.2, 0.25) is 0 Å². The molecule has 2 aliphatic heterocycles. The molecule has 0 radical (unpaired) electrons. The Hall–Kier alpha value is -3.30. The molecule has 0 atom stereocenters. The van der Waals surface area contributed by atoms with Crippen LogP contribution in [0.25, 0.3) is 0 Å². The summed E-state index contributed by atoms with van der Waals surface area (Å²) in [6.45, 7) is 1.17. The van der Waals surface area contributed by atoms with Crippen LogP contribution in [0.3, 0.4) is 0 Å². The SMILES string of the molecule is O=C(CN1C(=O)c2ccc([N+](=O)[O-])cc2C1=O)N1CCN(C(=O)C2CCCCC2)CC1. The summed E-state index contributed by atoms with van der Waals surface area (Å²) in [5, 5.41) is 10.9. The lowest BCUT2D eigenvalue weighted by atomic mass is 9.88. The Bertz CT molecular complexity index is 947. The van der Waals surface area contributed by atoms with E-state index < -0.39 is 23.3 Å². The summed E-state index contributed by atoms with van der Waals surface area (Å²) in [5.74, 6) is -1.47. The summed E-state index contributed by atoms with van der Waals surface area (Å²) in [4.78, 5) is 65.0. The monoisotopic (exact) mass is 428 g/mol. The van der Waals surface area contributed by atoms with Gasteiger partial charge in [0, 0.05) is 44.2 Å². The highest BCUT2D eigenvalue weighted by atomic mass is 16.6. The number of amides is 4. The maximum absolute atomic E-state index is 12.7. The van der Waals surface area contributed by atoms with E-state index in [0.717, 1.165) is 42.7 Å². The van der Waals surface area contributed by atoms with Crippen molar-refractivity contribution < 1.29 is 24.1 Å². The first-order valence-electron chi connectivity index (χ1n) is 10.6. The van der Waals surface area contributed by atoms with Crippen molar-refractivity contribution in [3.05, 3.63) is 39.4 Å². The van der Waals surface area contributed by atoms with Crippen LogP contribution < -0.4 is 0 Å². The van der Waals surface area contributed by atoms with Crippen LogP contribution in [0, 0.1) is 16.0 Å². The van der Waals surface area contributed by atoms with Crippen molar-refractivity contribution in [2.45, 2.75) is 32.1 Å². The molecule has 1 saturated carbocycles. The number of non-ortho nitro benzene ring substituents is 1. The van der Waals surface area contributed by atoms with Crippen LogP contribution in [-0.4, -0.2) is 76.0 Å². The first-order chi connectivity index (χ1) is 14.9. The average molecular weight is 428 g/mol. The largest absolute Gasteiger partial charge is 0.339 e. The molecule has 0 spiro atoms. The summed E-state index contributed by atoms with van der Waals surface area (Å²) >= 11 is 0. The van der Waals surface area contributed by atoms with Gasteiger partial charge in [-0.25, -0.2) is 0 Å². The minimum absolute atomic E-state index is 0.0603. The van der Waals surface area contributed by atoms with Gasteiger partial charge in [0.25, 0.3) is 17.5 Å². The van der Waals surface area contributed by atoms with Gasteiger partial charge in [-0.1, -0.05) is 19.3 Å². The molecule has 4 rings (SSSR count). The second kappa shape index (κ2) is 8.44. The van der Waals surface area contributed by atoms with Gasteiger partial charge in [-0.05, 0) is 18.9 Å². The molecule has 0 bridgehead atoms. The van der Waals surface area contributed by atoms with E-state index in [9.17, 15) is 29.3 Å². The Morgan fingerprint density at radius 2 is 1.55 bits per heavy atom. The Balaban J connectivity index is 1.35. The van der Waals surface area contributed by atoms with Crippen LogP contribution in [0.4, 0.5) is 5.69 Å². The van der Waals surface area contributed by atoms with Crippen molar-refractivity contribution in [1.29, 1.82) is 0 Å². The van der Waals surface area contributed by atoms with Crippen LogP contribution >= 0.6 is 0 Å². The molecule has 164 valence electrons. The van der Waals surface area contributed by atoms with Gasteiger partial charge < -0.3 is 9.80 Å². The molecule has 1 aliphatic carbocycles. The maximum atomic E-state index is 12.7. The third-order valence-corrected chi connectivity index (χ3v) is 6.36. The van der Waals surface area contributed by atoms with Gasteiger partial charge in [0.05, 0.1) is 16.1 Å². The Morgan fingerprint density at radius 1 is 0.935 bits per heavy atom. The number of nitrogens with zero attached hydrogens (tertiary/aromatic N) is 4. The standard InChI is InChI=1S/C21H24N4O6/c26-18(22-8-10-23(11-9-22)19(27)14-4-2-1-3-5-14)13-24-20(28)16-7-6-15(25(30)31)12-17(16)21(24)29/h6-7,12,14H,1-5,8-11,13H2. The number of nitro benzene ring substituents is 1. The zero-order valence-corrected chi connectivity index (χ0v) is 17.1. The summed E-state index contributed by atoms with van der Waals surface area (Å²) in [6.07, 6.45) is 5.19. The highest BCUT2D eigenvalue weighted by Crippen LogP contribution is 2.28. The number of carbonyl (C=O) groups excluding carboxylic acids is 4. The van der Waals surface area contributed by atoms with E-state index in [-0.39, 0.29) is 34.5 Å². The molecule has 3 aliphatic rings. The molecule has 1 aromatic rings. The molecule has 0 N–H and O–H groups in total. The molecule has 10 heteroatoms. The van der Waals surface area contributed by atoms with Crippen molar-refractivity contribution in [3.8, 4) is 0 Å². The summed E-state index contributed by atoms with van der Waals surface area (Å²) in [5.41, 5.74) is -0.284. The van der Waals surface area contributed by atoms with E-state index in [2.05, 4.69) is 0 Å². The molecule has 0 aromatic heterocycles. The lowest BCUT2D eigenvalue weighted by Crippen LogP contribution is -2.54. The fourth-order valence-electron chi connectivity index (χ4n) is 4.56. The van der Waals surface area contributed by atoms with Crippen molar-refractivity contribution in [3.63, 3.8) is 0 Å². The van der Waals surface area contributed by atoms with E-state index >= 15 is 0 Å². The second-order valence-electron chi connectivity index (χ2n) is 8.22. The van der Waals surface area contributed by atoms with Crippen LogP contribution in [0.15, 0.2) is 18.2 Å². The highest BCUT2D eigenvalue weighted by molar-refractivity contribution is 6.22. The molecule has 1 aromatic carbocycles. The molecule has 31 heavy (non-hydrogen) atoms. The van der Waals surface area contributed by atoms with E-state index in [0.29, 0.717) is 26.2 Å². The Labute approximate surface area is 178 Å². The first-order valence-corrected chi connectivity index (χ1v) is 10.6. The lowest BCUT2D eigenvalue weighted by molar-refractivity contribution is -0.384. The Kier molecular flexibility index (Phi) is 5.71. The number of benzene rings is 1.